The number of hydrogen-bond donors (Lipinski definition) is 2. The summed E-state index contributed by atoms with van der Waals surface area (Å²) in [5, 5.41) is 3.90. The van der Waals surface area contributed by atoms with Gasteiger partial charge in [0.25, 0.3) is 5.91 Å². The molecular weight excluding hydrogens is 390 g/mol. The fourth-order valence-electron chi connectivity index (χ4n) is 3.47. The highest BCUT2D eigenvalue weighted by Gasteiger charge is 2.35. The highest BCUT2D eigenvalue weighted by molar-refractivity contribution is 5.91. The van der Waals surface area contributed by atoms with Crippen molar-refractivity contribution in [2.24, 2.45) is 5.73 Å². The number of fused-ring (bicyclic) bond motifs is 1. The highest BCUT2D eigenvalue weighted by atomic mass is 16.5. The summed E-state index contributed by atoms with van der Waals surface area (Å²) in [7, 11) is 0. The van der Waals surface area contributed by atoms with Crippen LogP contribution in [0.2, 0.25) is 0 Å². The van der Waals surface area contributed by atoms with Crippen molar-refractivity contribution >= 4 is 22.8 Å². The Kier molecular flexibility index (Phi) is 7.11. The van der Waals surface area contributed by atoms with Gasteiger partial charge in [0.05, 0.1) is 18.5 Å². The monoisotopic (exact) mass is 417 g/mol. The fourth-order valence-corrected chi connectivity index (χ4v) is 3.47. The molecule has 0 saturated carbocycles. The minimum absolute atomic E-state index is 0.124. The molecule has 6 nitrogen and oxygen atoms in total. The fraction of sp³-hybridized carbons (Fsp3) is 0.280. The number of esters is 1. The number of carbonyl (C=O) groups excluding carboxylic acids is 2. The first-order valence-electron chi connectivity index (χ1n) is 10.3. The van der Waals surface area contributed by atoms with Crippen LogP contribution in [0.1, 0.15) is 25.3 Å². The van der Waals surface area contributed by atoms with Crippen molar-refractivity contribution in [1.82, 2.24) is 9.88 Å². The van der Waals surface area contributed by atoms with Crippen LogP contribution in [-0.2, 0) is 22.6 Å². The molecule has 3 rings (SSSR count). The molecule has 1 aromatic heterocycles. The standard InChI is InChI=1S/C25H27N3O3/c1-3-5-15-27-25(4-2,24(26)30)18-28-17-22(20-13-9-10-14-21(20)28)31-23(29)16-19-11-7-6-8-12-19/h2,6-14,17,27H,3,5,15-16,18H2,1H3,(H2,26,30). The molecule has 0 saturated heterocycles. The van der Waals surface area contributed by atoms with E-state index >= 15 is 0 Å². The summed E-state index contributed by atoms with van der Waals surface area (Å²) < 4.78 is 7.48. The van der Waals surface area contributed by atoms with Gasteiger partial charge in [-0.2, -0.15) is 0 Å². The lowest BCUT2D eigenvalue weighted by molar-refractivity contribution is -0.133. The Labute approximate surface area is 182 Å². The predicted octanol–water partition coefficient (Wildman–Crippen LogP) is 3.04. The van der Waals surface area contributed by atoms with Crippen molar-refractivity contribution < 1.29 is 14.3 Å². The van der Waals surface area contributed by atoms with Gasteiger partial charge in [-0.15, -0.1) is 6.42 Å². The number of nitrogens with one attached hydrogen (secondary N) is 1. The van der Waals surface area contributed by atoms with Crippen molar-refractivity contribution in [2.45, 2.75) is 38.3 Å². The number of para-hydroxylation sites is 1. The third kappa shape index (κ3) is 5.14. The maximum atomic E-state index is 12.5. The third-order valence-electron chi connectivity index (χ3n) is 5.20. The average molecular weight is 418 g/mol. The van der Waals surface area contributed by atoms with E-state index in [1.54, 1.807) is 6.20 Å². The van der Waals surface area contributed by atoms with Gasteiger partial charge in [-0.25, -0.2) is 0 Å². The lowest BCUT2D eigenvalue weighted by Crippen LogP contribution is -2.57. The van der Waals surface area contributed by atoms with Gasteiger partial charge in [-0.3, -0.25) is 14.9 Å². The van der Waals surface area contributed by atoms with E-state index in [9.17, 15) is 9.59 Å². The molecule has 1 unspecified atom stereocenters. The Morgan fingerprint density at radius 2 is 1.87 bits per heavy atom. The summed E-state index contributed by atoms with van der Waals surface area (Å²) in [6.45, 7) is 2.75. The molecule has 3 N–H and O–H groups in total. The van der Waals surface area contributed by atoms with Crippen LogP contribution < -0.4 is 15.8 Å². The molecule has 0 aliphatic carbocycles. The summed E-state index contributed by atoms with van der Waals surface area (Å²) in [4.78, 5) is 24.8. The van der Waals surface area contributed by atoms with Gasteiger partial charge >= 0.3 is 5.97 Å². The van der Waals surface area contributed by atoms with Gasteiger partial charge in [-0.05, 0) is 30.7 Å². The number of nitrogens with zero attached hydrogens (tertiary/aromatic N) is 1. The minimum Gasteiger partial charge on any atom is -0.424 e. The molecule has 0 aliphatic rings. The first-order chi connectivity index (χ1) is 15.0. The predicted molar refractivity (Wildman–Crippen MR) is 121 cm³/mol. The van der Waals surface area contributed by atoms with Crippen LogP contribution in [0.25, 0.3) is 10.9 Å². The Morgan fingerprint density at radius 3 is 2.55 bits per heavy atom. The molecular formula is C25H27N3O3. The van der Waals surface area contributed by atoms with Crippen molar-refractivity contribution in [2.75, 3.05) is 6.54 Å². The second kappa shape index (κ2) is 9.96. The number of primary amides is 1. The summed E-state index contributed by atoms with van der Waals surface area (Å²) in [6, 6.07) is 16.9. The molecule has 6 heteroatoms. The average Bonchev–Trinajstić information content (AvgIpc) is 3.10. The van der Waals surface area contributed by atoms with E-state index in [1.807, 2.05) is 59.2 Å². The van der Waals surface area contributed by atoms with E-state index < -0.39 is 11.4 Å². The van der Waals surface area contributed by atoms with E-state index in [1.165, 1.54) is 0 Å². The van der Waals surface area contributed by atoms with E-state index in [4.69, 9.17) is 16.9 Å². The van der Waals surface area contributed by atoms with Crippen molar-refractivity contribution in [3.05, 3.63) is 66.4 Å². The minimum atomic E-state index is -1.34. The van der Waals surface area contributed by atoms with E-state index in [-0.39, 0.29) is 18.9 Å². The first kappa shape index (κ1) is 22.1. The van der Waals surface area contributed by atoms with E-state index in [0.29, 0.717) is 12.3 Å². The molecule has 0 bridgehead atoms. The quantitative estimate of drug-likeness (QED) is 0.302. The normalized spacial score (nSPS) is 12.8. The Morgan fingerprint density at radius 1 is 1.16 bits per heavy atom. The molecule has 0 fully saturated rings. The van der Waals surface area contributed by atoms with Gasteiger partial charge in [0, 0.05) is 11.6 Å². The lowest BCUT2D eigenvalue weighted by Gasteiger charge is -2.27. The van der Waals surface area contributed by atoms with Crippen LogP contribution in [0.15, 0.2) is 60.8 Å². The van der Waals surface area contributed by atoms with Gasteiger partial charge in [0.1, 0.15) is 0 Å². The number of hydrogen-bond acceptors (Lipinski definition) is 4. The maximum Gasteiger partial charge on any atom is 0.315 e. The molecule has 0 aliphatic heterocycles. The molecule has 1 atom stereocenters. The number of terminal acetylenes is 1. The van der Waals surface area contributed by atoms with Crippen LogP contribution in [0.4, 0.5) is 0 Å². The SMILES string of the molecule is C#CC(Cn1cc(OC(=O)Cc2ccccc2)c2ccccc21)(NCCCC)C(N)=O. The largest absolute Gasteiger partial charge is 0.424 e. The molecule has 0 radical (unpaired) electrons. The maximum absolute atomic E-state index is 12.5. The number of aromatic nitrogens is 1. The second-order valence-electron chi connectivity index (χ2n) is 7.47. The zero-order chi connectivity index (χ0) is 22.3. The van der Waals surface area contributed by atoms with Crippen LogP contribution in [-0.4, -0.2) is 28.5 Å². The first-order valence-corrected chi connectivity index (χ1v) is 10.3. The summed E-state index contributed by atoms with van der Waals surface area (Å²) in [5.74, 6) is 1.99. The Balaban J connectivity index is 1.88. The molecule has 0 spiro atoms. The summed E-state index contributed by atoms with van der Waals surface area (Å²) >= 11 is 0. The molecule has 1 heterocycles. The Hall–Kier alpha value is -3.56. The van der Waals surface area contributed by atoms with Crippen LogP contribution in [0, 0.1) is 12.3 Å². The number of benzene rings is 2. The second-order valence-corrected chi connectivity index (χ2v) is 7.47. The smallest absolute Gasteiger partial charge is 0.315 e. The number of ether oxygens (including phenoxy) is 1. The third-order valence-corrected chi connectivity index (χ3v) is 5.20. The molecule has 3 aromatic rings. The summed E-state index contributed by atoms with van der Waals surface area (Å²) in [6.07, 6.45) is 9.43. The van der Waals surface area contributed by atoms with Crippen LogP contribution in [0.3, 0.4) is 0 Å². The Bertz CT molecular complexity index is 1100. The number of amides is 1. The topological polar surface area (TPSA) is 86.3 Å². The van der Waals surface area contributed by atoms with E-state index in [0.717, 1.165) is 29.3 Å². The number of rotatable bonds is 10. The number of nitrogens with two attached hydrogens (primary N) is 1. The highest BCUT2D eigenvalue weighted by Crippen LogP contribution is 2.29. The van der Waals surface area contributed by atoms with Crippen LogP contribution >= 0.6 is 0 Å². The van der Waals surface area contributed by atoms with Crippen molar-refractivity contribution in [3.8, 4) is 18.1 Å². The molecule has 2 aromatic carbocycles. The van der Waals surface area contributed by atoms with Gasteiger partial charge < -0.3 is 15.0 Å². The van der Waals surface area contributed by atoms with E-state index in [2.05, 4.69) is 18.2 Å². The van der Waals surface area contributed by atoms with Crippen LogP contribution in [0.5, 0.6) is 5.75 Å². The van der Waals surface area contributed by atoms with Crippen molar-refractivity contribution in [3.63, 3.8) is 0 Å². The zero-order valence-electron chi connectivity index (χ0n) is 17.6. The number of unbranched alkanes of at least 4 members (excludes halogenated alkanes) is 1. The summed E-state index contributed by atoms with van der Waals surface area (Å²) in [5.41, 5.74) is 6.01. The molecule has 31 heavy (non-hydrogen) atoms. The van der Waals surface area contributed by atoms with Gasteiger partial charge in [0.2, 0.25) is 0 Å². The van der Waals surface area contributed by atoms with Gasteiger partial charge in [-0.1, -0.05) is 61.7 Å². The van der Waals surface area contributed by atoms with Crippen molar-refractivity contribution in [1.29, 1.82) is 0 Å². The molecule has 1 amide bonds. The number of carbonyl (C=O) groups is 2. The molecule has 160 valence electrons. The van der Waals surface area contributed by atoms with Gasteiger partial charge in [0.15, 0.2) is 11.3 Å². The zero-order valence-corrected chi connectivity index (χ0v) is 17.6. The lowest BCUT2D eigenvalue weighted by atomic mass is 9.99.